The van der Waals surface area contributed by atoms with Crippen LogP contribution >= 0.6 is 23.1 Å². The van der Waals surface area contributed by atoms with Gasteiger partial charge in [0.1, 0.15) is 0 Å². The average molecular weight is 265 g/mol. The van der Waals surface area contributed by atoms with Crippen molar-refractivity contribution in [3.05, 3.63) is 21.9 Å². The molecule has 17 heavy (non-hydrogen) atoms. The van der Waals surface area contributed by atoms with Crippen molar-refractivity contribution in [3.63, 3.8) is 0 Å². The number of rotatable bonds is 3. The molecule has 0 atom stereocenters. The standard InChI is InChI=1S/C14H19NS2/c15-10-4-7-13-8-9-14(17-13)11-16-12-5-2-1-3-6-12/h8-9,12H,1-3,5-6,10-11,15H2. The van der Waals surface area contributed by atoms with Crippen LogP contribution in [-0.2, 0) is 5.75 Å². The molecule has 1 heterocycles. The van der Waals surface area contributed by atoms with Gasteiger partial charge in [-0.1, -0.05) is 31.1 Å². The molecule has 3 heteroatoms. The second-order valence-electron chi connectivity index (χ2n) is 4.34. The molecule has 1 aliphatic carbocycles. The molecule has 0 bridgehead atoms. The van der Waals surface area contributed by atoms with E-state index in [2.05, 4.69) is 35.7 Å². The predicted molar refractivity (Wildman–Crippen MR) is 78.4 cm³/mol. The molecular weight excluding hydrogens is 246 g/mol. The van der Waals surface area contributed by atoms with Crippen molar-refractivity contribution in [1.82, 2.24) is 0 Å². The summed E-state index contributed by atoms with van der Waals surface area (Å²) in [6.07, 6.45) is 7.12. The van der Waals surface area contributed by atoms with Crippen LogP contribution in [0.1, 0.15) is 41.9 Å². The highest BCUT2D eigenvalue weighted by Crippen LogP contribution is 2.31. The molecule has 0 spiro atoms. The SMILES string of the molecule is NCC#Cc1ccc(CSC2CCCCC2)s1. The minimum atomic E-state index is 0.448. The molecular formula is C14H19NS2. The second kappa shape index (κ2) is 7.10. The molecule has 1 nitrogen and oxygen atoms in total. The first-order chi connectivity index (χ1) is 8.38. The minimum Gasteiger partial charge on any atom is -0.320 e. The molecule has 0 saturated heterocycles. The Kier molecular flexibility index (Phi) is 5.44. The third-order valence-corrected chi connectivity index (χ3v) is 5.59. The van der Waals surface area contributed by atoms with Crippen LogP contribution in [-0.4, -0.2) is 11.8 Å². The lowest BCUT2D eigenvalue weighted by Crippen LogP contribution is -2.07. The van der Waals surface area contributed by atoms with Gasteiger partial charge in [-0.25, -0.2) is 0 Å². The molecule has 0 radical (unpaired) electrons. The van der Waals surface area contributed by atoms with Gasteiger partial charge in [-0.2, -0.15) is 11.8 Å². The smallest absolute Gasteiger partial charge is 0.0772 e. The summed E-state index contributed by atoms with van der Waals surface area (Å²) >= 11 is 3.94. The van der Waals surface area contributed by atoms with E-state index in [9.17, 15) is 0 Å². The molecule has 1 fully saturated rings. The Morgan fingerprint density at radius 2 is 2.12 bits per heavy atom. The van der Waals surface area contributed by atoms with Gasteiger partial charge in [0.05, 0.1) is 11.4 Å². The fourth-order valence-electron chi connectivity index (χ4n) is 2.09. The first kappa shape index (κ1) is 13.0. The highest BCUT2D eigenvalue weighted by Gasteiger charge is 2.13. The van der Waals surface area contributed by atoms with Crippen molar-refractivity contribution in [3.8, 4) is 11.8 Å². The summed E-state index contributed by atoms with van der Waals surface area (Å²) < 4.78 is 0. The van der Waals surface area contributed by atoms with Crippen LogP contribution in [0.15, 0.2) is 12.1 Å². The van der Waals surface area contributed by atoms with E-state index in [-0.39, 0.29) is 0 Å². The summed E-state index contributed by atoms with van der Waals surface area (Å²) in [5, 5.41) is 0.893. The number of hydrogen-bond acceptors (Lipinski definition) is 3. The third-order valence-electron chi connectivity index (χ3n) is 2.99. The van der Waals surface area contributed by atoms with Crippen LogP contribution in [0.5, 0.6) is 0 Å². The maximum Gasteiger partial charge on any atom is 0.0772 e. The van der Waals surface area contributed by atoms with Gasteiger partial charge in [0.2, 0.25) is 0 Å². The van der Waals surface area contributed by atoms with Gasteiger partial charge in [0.25, 0.3) is 0 Å². The number of hydrogen-bond donors (Lipinski definition) is 1. The van der Waals surface area contributed by atoms with Gasteiger partial charge in [0.15, 0.2) is 0 Å². The van der Waals surface area contributed by atoms with E-state index in [1.807, 2.05) is 11.3 Å². The zero-order valence-corrected chi connectivity index (χ0v) is 11.7. The van der Waals surface area contributed by atoms with Gasteiger partial charge >= 0.3 is 0 Å². The van der Waals surface area contributed by atoms with E-state index in [0.717, 1.165) is 15.9 Å². The first-order valence-electron chi connectivity index (χ1n) is 6.28. The molecule has 0 aromatic carbocycles. The van der Waals surface area contributed by atoms with Gasteiger partial charge in [-0.05, 0) is 25.0 Å². The Morgan fingerprint density at radius 1 is 1.29 bits per heavy atom. The number of thiophene rings is 1. The summed E-state index contributed by atoms with van der Waals surface area (Å²) in [7, 11) is 0. The van der Waals surface area contributed by atoms with Crippen molar-refractivity contribution < 1.29 is 0 Å². The van der Waals surface area contributed by atoms with Crippen molar-refractivity contribution in [2.75, 3.05) is 6.54 Å². The average Bonchev–Trinajstić information content (AvgIpc) is 2.83. The highest BCUT2D eigenvalue weighted by atomic mass is 32.2. The van der Waals surface area contributed by atoms with E-state index in [0.29, 0.717) is 6.54 Å². The van der Waals surface area contributed by atoms with Crippen LogP contribution in [0.2, 0.25) is 0 Å². The lowest BCUT2D eigenvalue weighted by molar-refractivity contribution is 0.516. The number of nitrogens with two attached hydrogens (primary N) is 1. The second-order valence-corrected chi connectivity index (χ2v) is 6.80. The van der Waals surface area contributed by atoms with Gasteiger partial charge in [0, 0.05) is 15.9 Å². The van der Waals surface area contributed by atoms with Crippen LogP contribution in [0.3, 0.4) is 0 Å². The molecule has 92 valence electrons. The van der Waals surface area contributed by atoms with Crippen LogP contribution in [0.4, 0.5) is 0 Å². The predicted octanol–water partition coefficient (Wildman–Crippen LogP) is 3.62. The Balaban J connectivity index is 1.80. The molecule has 1 aliphatic rings. The normalized spacial score (nSPS) is 16.5. The number of thioether (sulfide) groups is 1. The van der Waals surface area contributed by atoms with E-state index in [4.69, 9.17) is 5.73 Å². The van der Waals surface area contributed by atoms with Gasteiger partial charge in [-0.15, -0.1) is 11.3 Å². The Labute approximate surface area is 112 Å². The van der Waals surface area contributed by atoms with E-state index in [1.54, 1.807) is 0 Å². The lowest BCUT2D eigenvalue weighted by Gasteiger charge is -2.20. The largest absolute Gasteiger partial charge is 0.320 e. The fourth-order valence-corrected chi connectivity index (χ4v) is 4.37. The summed E-state index contributed by atoms with van der Waals surface area (Å²) in [4.78, 5) is 2.59. The van der Waals surface area contributed by atoms with Crippen LogP contribution in [0.25, 0.3) is 0 Å². The molecule has 0 unspecified atom stereocenters. The molecule has 1 aromatic rings. The third kappa shape index (κ3) is 4.39. The molecule has 0 aliphatic heterocycles. The topological polar surface area (TPSA) is 26.0 Å². The van der Waals surface area contributed by atoms with Crippen molar-refractivity contribution in [1.29, 1.82) is 0 Å². The molecule has 0 amide bonds. The highest BCUT2D eigenvalue weighted by molar-refractivity contribution is 7.99. The van der Waals surface area contributed by atoms with Crippen LogP contribution in [0, 0.1) is 11.8 Å². The summed E-state index contributed by atoms with van der Waals surface area (Å²) in [6, 6.07) is 4.32. The van der Waals surface area contributed by atoms with Crippen LogP contribution < -0.4 is 5.73 Å². The molecule has 1 aromatic heterocycles. The van der Waals surface area contributed by atoms with Crippen molar-refractivity contribution in [2.45, 2.75) is 43.1 Å². The van der Waals surface area contributed by atoms with Crippen molar-refractivity contribution in [2.24, 2.45) is 5.73 Å². The monoisotopic (exact) mass is 265 g/mol. The first-order valence-corrected chi connectivity index (χ1v) is 8.14. The van der Waals surface area contributed by atoms with E-state index >= 15 is 0 Å². The Bertz CT molecular complexity index is 394. The van der Waals surface area contributed by atoms with Gasteiger partial charge in [-0.3, -0.25) is 0 Å². The van der Waals surface area contributed by atoms with E-state index in [1.165, 1.54) is 37.0 Å². The minimum absolute atomic E-state index is 0.448. The quantitative estimate of drug-likeness (QED) is 0.845. The lowest BCUT2D eigenvalue weighted by atomic mass is 10.0. The maximum atomic E-state index is 5.37. The van der Waals surface area contributed by atoms with Gasteiger partial charge < -0.3 is 5.73 Å². The molecule has 1 saturated carbocycles. The summed E-state index contributed by atoms with van der Waals surface area (Å²) in [6.45, 7) is 0.448. The molecule has 2 rings (SSSR count). The zero-order valence-electron chi connectivity index (χ0n) is 10.1. The molecule has 2 N–H and O–H groups in total. The van der Waals surface area contributed by atoms with E-state index < -0.39 is 0 Å². The zero-order chi connectivity index (χ0) is 11.9. The summed E-state index contributed by atoms with van der Waals surface area (Å²) in [5.74, 6) is 7.15. The maximum absolute atomic E-state index is 5.37. The Morgan fingerprint density at radius 3 is 2.88 bits per heavy atom. The Hall–Kier alpha value is -0.430. The van der Waals surface area contributed by atoms with Crippen molar-refractivity contribution >= 4 is 23.1 Å². The fraction of sp³-hybridized carbons (Fsp3) is 0.571. The summed E-state index contributed by atoms with van der Waals surface area (Å²) in [5.41, 5.74) is 5.37.